The van der Waals surface area contributed by atoms with Crippen molar-refractivity contribution in [2.45, 2.75) is 36.0 Å². The second-order valence-corrected chi connectivity index (χ2v) is 12.0. The minimum Gasteiger partial charge on any atom is -0.322 e. The first kappa shape index (κ1) is 24.9. The molecule has 1 saturated heterocycles. The number of hydrogen-bond acceptors (Lipinski definition) is 5. The van der Waals surface area contributed by atoms with Crippen LogP contribution in [0.1, 0.15) is 35.2 Å². The van der Waals surface area contributed by atoms with E-state index in [2.05, 4.69) is 10.0 Å². The zero-order chi connectivity index (χ0) is 25.1. The molecule has 1 aliphatic rings. The summed E-state index contributed by atoms with van der Waals surface area (Å²) < 4.78 is 55.2. The number of para-hydroxylation sites is 1. The number of amides is 1. The summed E-state index contributed by atoms with van der Waals surface area (Å²) >= 11 is 0. The molecular formula is C25H27N3O5S2. The highest BCUT2D eigenvalue weighted by atomic mass is 32.2. The third-order valence-electron chi connectivity index (χ3n) is 5.81. The summed E-state index contributed by atoms with van der Waals surface area (Å²) in [5.41, 5.74) is 1.59. The Morgan fingerprint density at radius 2 is 1.37 bits per heavy atom. The molecule has 1 amide bonds. The summed E-state index contributed by atoms with van der Waals surface area (Å²) in [7, 11) is -7.46. The maximum Gasteiger partial charge on any atom is 0.261 e. The van der Waals surface area contributed by atoms with Crippen LogP contribution in [-0.2, 0) is 20.0 Å². The first-order valence-corrected chi connectivity index (χ1v) is 14.2. The van der Waals surface area contributed by atoms with E-state index in [4.69, 9.17) is 0 Å². The van der Waals surface area contributed by atoms with Gasteiger partial charge in [-0.1, -0.05) is 36.2 Å². The van der Waals surface area contributed by atoms with Gasteiger partial charge in [-0.15, -0.1) is 0 Å². The van der Waals surface area contributed by atoms with E-state index < -0.39 is 26.0 Å². The lowest BCUT2D eigenvalue weighted by atomic mass is 10.1. The molecule has 0 atom stereocenters. The van der Waals surface area contributed by atoms with Crippen LogP contribution >= 0.6 is 0 Å². The van der Waals surface area contributed by atoms with Gasteiger partial charge < -0.3 is 5.32 Å². The number of nitrogens with zero attached hydrogens (tertiary/aromatic N) is 1. The van der Waals surface area contributed by atoms with Crippen LogP contribution in [0.25, 0.3) is 0 Å². The Morgan fingerprint density at radius 3 is 2.03 bits per heavy atom. The van der Waals surface area contributed by atoms with E-state index in [0.717, 1.165) is 24.8 Å². The van der Waals surface area contributed by atoms with Crippen molar-refractivity contribution in [2.75, 3.05) is 23.1 Å². The molecule has 1 fully saturated rings. The molecule has 0 aromatic heterocycles. The van der Waals surface area contributed by atoms with E-state index in [0.29, 0.717) is 18.8 Å². The predicted octanol–water partition coefficient (Wildman–Crippen LogP) is 4.22. The highest BCUT2D eigenvalue weighted by molar-refractivity contribution is 7.92. The molecule has 0 saturated carbocycles. The Kier molecular flexibility index (Phi) is 7.25. The molecule has 8 nitrogen and oxygen atoms in total. The van der Waals surface area contributed by atoms with Gasteiger partial charge in [-0.3, -0.25) is 9.52 Å². The second-order valence-electron chi connectivity index (χ2n) is 8.41. The molecule has 0 radical (unpaired) electrons. The number of benzene rings is 3. The zero-order valence-corrected chi connectivity index (χ0v) is 20.9. The standard InChI is InChI=1S/C25H27N3O5S2/c1-19-9-13-21(14-10-19)34(30,31)27-24-8-4-3-7-23(24)25(29)26-20-11-15-22(16-12-20)35(32,33)28-17-5-2-6-18-28/h3-4,7-16,27H,2,5-6,17-18H2,1H3,(H,26,29). The highest BCUT2D eigenvalue weighted by Crippen LogP contribution is 2.24. The Labute approximate surface area is 206 Å². The Morgan fingerprint density at radius 1 is 0.771 bits per heavy atom. The monoisotopic (exact) mass is 513 g/mol. The Hall–Kier alpha value is -3.21. The summed E-state index contributed by atoms with van der Waals surface area (Å²) in [6.07, 6.45) is 2.72. The number of aryl methyl sites for hydroxylation is 1. The van der Waals surface area contributed by atoms with Crippen molar-refractivity contribution in [1.82, 2.24) is 4.31 Å². The number of sulfonamides is 2. The van der Waals surface area contributed by atoms with Gasteiger partial charge in [0.15, 0.2) is 0 Å². The maximum atomic E-state index is 13.0. The molecule has 35 heavy (non-hydrogen) atoms. The second kappa shape index (κ2) is 10.2. The summed E-state index contributed by atoms with van der Waals surface area (Å²) in [5, 5.41) is 2.71. The fourth-order valence-corrected chi connectivity index (χ4v) is 6.45. The third-order valence-corrected chi connectivity index (χ3v) is 9.11. The quantitative estimate of drug-likeness (QED) is 0.491. The number of anilines is 2. The average molecular weight is 514 g/mol. The molecule has 1 heterocycles. The van der Waals surface area contributed by atoms with Gasteiger partial charge in [0.05, 0.1) is 21.0 Å². The highest BCUT2D eigenvalue weighted by Gasteiger charge is 2.26. The molecule has 184 valence electrons. The molecule has 10 heteroatoms. The van der Waals surface area contributed by atoms with E-state index in [-0.39, 0.29) is 21.0 Å². The largest absolute Gasteiger partial charge is 0.322 e. The van der Waals surface area contributed by atoms with Crippen LogP contribution in [-0.4, -0.2) is 40.1 Å². The van der Waals surface area contributed by atoms with Gasteiger partial charge in [0.1, 0.15) is 0 Å². The smallest absolute Gasteiger partial charge is 0.261 e. The Bertz CT molecular complexity index is 1410. The van der Waals surface area contributed by atoms with Gasteiger partial charge in [0, 0.05) is 18.8 Å². The normalized spacial score (nSPS) is 14.9. The van der Waals surface area contributed by atoms with Crippen LogP contribution < -0.4 is 10.0 Å². The van der Waals surface area contributed by atoms with Gasteiger partial charge in [0.2, 0.25) is 10.0 Å². The van der Waals surface area contributed by atoms with Gasteiger partial charge in [-0.05, 0) is 68.3 Å². The molecule has 0 unspecified atom stereocenters. The van der Waals surface area contributed by atoms with E-state index >= 15 is 0 Å². The lowest BCUT2D eigenvalue weighted by Crippen LogP contribution is -2.35. The maximum absolute atomic E-state index is 13.0. The van der Waals surface area contributed by atoms with Crippen molar-refractivity contribution in [3.63, 3.8) is 0 Å². The van der Waals surface area contributed by atoms with Crippen LogP contribution in [0.2, 0.25) is 0 Å². The number of hydrogen-bond donors (Lipinski definition) is 2. The molecular weight excluding hydrogens is 486 g/mol. The van der Waals surface area contributed by atoms with Crippen molar-refractivity contribution in [1.29, 1.82) is 0 Å². The van der Waals surface area contributed by atoms with Crippen LogP contribution in [0.3, 0.4) is 0 Å². The van der Waals surface area contributed by atoms with Crippen LogP contribution in [0.4, 0.5) is 11.4 Å². The van der Waals surface area contributed by atoms with Crippen molar-refractivity contribution in [3.05, 3.63) is 83.9 Å². The van der Waals surface area contributed by atoms with E-state index in [1.54, 1.807) is 24.3 Å². The minimum absolute atomic E-state index is 0.0869. The number of nitrogens with one attached hydrogen (secondary N) is 2. The number of piperidine rings is 1. The molecule has 2 N–H and O–H groups in total. The minimum atomic E-state index is -3.89. The van der Waals surface area contributed by atoms with Gasteiger partial charge in [-0.25, -0.2) is 16.8 Å². The molecule has 3 aromatic rings. The predicted molar refractivity (Wildman–Crippen MR) is 135 cm³/mol. The van der Waals surface area contributed by atoms with E-state index in [9.17, 15) is 21.6 Å². The summed E-state index contributed by atoms with van der Waals surface area (Å²) in [6.45, 7) is 2.88. The van der Waals surface area contributed by atoms with Gasteiger partial charge >= 0.3 is 0 Å². The fraction of sp³-hybridized carbons (Fsp3) is 0.240. The zero-order valence-electron chi connectivity index (χ0n) is 19.3. The van der Waals surface area contributed by atoms with E-state index in [1.807, 2.05) is 6.92 Å². The third kappa shape index (κ3) is 5.72. The first-order chi connectivity index (χ1) is 16.7. The van der Waals surface area contributed by atoms with Crippen molar-refractivity contribution in [3.8, 4) is 0 Å². The van der Waals surface area contributed by atoms with Gasteiger partial charge in [-0.2, -0.15) is 4.31 Å². The van der Waals surface area contributed by atoms with Crippen molar-refractivity contribution < 1.29 is 21.6 Å². The van der Waals surface area contributed by atoms with Crippen LogP contribution in [0, 0.1) is 6.92 Å². The number of rotatable bonds is 7. The summed E-state index contributed by atoms with van der Waals surface area (Å²) in [6, 6.07) is 18.6. The summed E-state index contributed by atoms with van der Waals surface area (Å²) in [4.78, 5) is 13.2. The first-order valence-electron chi connectivity index (χ1n) is 11.3. The number of carbonyl (C=O) groups is 1. The van der Waals surface area contributed by atoms with Crippen LogP contribution in [0.15, 0.2) is 82.6 Å². The SMILES string of the molecule is Cc1ccc(S(=O)(=O)Nc2ccccc2C(=O)Nc2ccc(S(=O)(=O)N3CCCCC3)cc2)cc1. The van der Waals surface area contributed by atoms with Gasteiger partial charge in [0.25, 0.3) is 15.9 Å². The van der Waals surface area contributed by atoms with Crippen molar-refractivity contribution >= 4 is 37.3 Å². The number of carbonyl (C=O) groups excluding carboxylic acids is 1. The molecule has 0 spiro atoms. The lowest BCUT2D eigenvalue weighted by molar-refractivity contribution is 0.102. The average Bonchev–Trinajstić information content (AvgIpc) is 2.85. The Balaban J connectivity index is 1.50. The molecule has 0 aliphatic carbocycles. The molecule has 3 aromatic carbocycles. The topological polar surface area (TPSA) is 113 Å². The fourth-order valence-electron chi connectivity index (χ4n) is 3.85. The molecule has 0 bridgehead atoms. The molecule has 4 rings (SSSR count). The van der Waals surface area contributed by atoms with E-state index in [1.165, 1.54) is 52.8 Å². The van der Waals surface area contributed by atoms with Crippen molar-refractivity contribution in [2.24, 2.45) is 0 Å². The molecule has 1 aliphatic heterocycles. The summed E-state index contributed by atoms with van der Waals surface area (Å²) in [5.74, 6) is -0.529. The van der Waals surface area contributed by atoms with Crippen LogP contribution in [0.5, 0.6) is 0 Å². The lowest BCUT2D eigenvalue weighted by Gasteiger charge is -2.25.